The zero-order chi connectivity index (χ0) is 16.8. The molecule has 0 aromatic heterocycles. The fraction of sp³-hybridized carbons (Fsp3) is 0.588. The van der Waals surface area contributed by atoms with Crippen LogP contribution in [0.3, 0.4) is 0 Å². The molecule has 1 unspecified atom stereocenters. The third kappa shape index (κ3) is 2.84. The van der Waals surface area contributed by atoms with Crippen molar-refractivity contribution in [2.45, 2.75) is 37.6 Å². The molecule has 23 heavy (non-hydrogen) atoms. The predicted octanol–water partition coefficient (Wildman–Crippen LogP) is 1.68. The summed E-state index contributed by atoms with van der Waals surface area (Å²) in [5, 5.41) is 0. The molecule has 126 valence electrons. The van der Waals surface area contributed by atoms with Crippen LogP contribution in [0, 0.1) is 6.92 Å². The Morgan fingerprint density at radius 2 is 2.04 bits per heavy atom. The van der Waals surface area contributed by atoms with E-state index in [0.717, 1.165) is 29.7 Å². The Balaban J connectivity index is 1.84. The summed E-state index contributed by atoms with van der Waals surface area (Å²) >= 11 is 0. The van der Waals surface area contributed by atoms with Gasteiger partial charge in [-0.05, 0) is 43.4 Å². The normalized spacial score (nSPS) is 24.2. The number of ether oxygens (including phenoxy) is 1. The number of sulfone groups is 1. The lowest BCUT2D eigenvalue weighted by Gasteiger charge is -2.28. The minimum absolute atomic E-state index is 0.0329. The van der Waals surface area contributed by atoms with Gasteiger partial charge in [-0.15, -0.1) is 0 Å². The summed E-state index contributed by atoms with van der Waals surface area (Å²) in [6, 6.07) is 5.71. The summed E-state index contributed by atoms with van der Waals surface area (Å²) in [6.45, 7) is 1.97. The number of rotatable bonds is 4. The molecule has 1 aliphatic heterocycles. The van der Waals surface area contributed by atoms with Crippen molar-refractivity contribution in [3.63, 3.8) is 0 Å². The van der Waals surface area contributed by atoms with Crippen LogP contribution >= 0.6 is 0 Å². The first-order chi connectivity index (χ1) is 10.8. The number of methoxy groups -OCH3 is 1. The van der Waals surface area contributed by atoms with Crippen molar-refractivity contribution >= 4 is 15.7 Å². The maximum atomic E-state index is 13.0. The van der Waals surface area contributed by atoms with E-state index in [4.69, 9.17) is 4.74 Å². The van der Waals surface area contributed by atoms with E-state index < -0.39 is 15.3 Å². The number of likely N-dealkylation sites (N-methyl/N-ethyl adjacent to an activating group) is 1. The number of nitrogens with zero attached hydrogens (tertiary/aromatic N) is 1. The van der Waals surface area contributed by atoms with Crippen LogP contribution < -0.4 is 4.74 Å². The first kappa shape index (κ1) is 16.3. The lowest BCUT2D eigenvalue weighted by molar-refractivity contribution is -0.134. The van der Waals surface area contributed by atoms with Crippen LogP contribution in [0.5, 0.6) is 5.75 Å². The van der Waals surface area contributed by atoms with Gasteiger partial charge < -0.3 is 9.64 Å². The van der Waals surface area contributed by atoms with Crippen molar-refractivity contribution in [3.05, 3.63) is 29.3 Å². The molecule has 1 saturated carbocycles. The Labute approximate surface area is 137 Å². The van der Waals surface area contributed by atoms with E-state index in [1.54, 1.807) is 19.1 Å². The highest BCUT2D eigenvalue weighted by molar-refractivity contribution is 7.91. The van der Waals surface area contributed by atoms with Gasteiger partial charge in [0.1, 0.15) is 5.75 Å². The Kier molecular flexibility index (Phi) is 3.91. The average Bonchev–Trinajstić information content (AvgIpc) is 3.24. The monoisotopic (exact) mass is 337 g/mol. The van der Waals surface area contributed by atoms with E-state index in [1.807, 2.05) is 25.1 Å². The molecule has 1 aromatic carbocycles. The van der Waals surface area contributed by atoms with Gasteiger partial charge in [0.05, 0.1) is 24.0 Å². The second kappa shape index (κ2) is 5.51. The second-order valence-corrected chi connectivity index (χ2v) is 8.97. The molecule has 0 radical (unpaired) electrons. The standard InChI is InChI=1S/C17H23NO4S/c1-12-4-5-13(10-15(12)22-3)17(7-8-17)16(19)18(2)14-6-9-23(20,21)11-14/h4-5,10,14H,6-9,11H2,1-3H3. The maximum Gasteiger partial charge on any atom is 0.233 e. The van der Waals surface area contributed by atoms with E-state index in [2.05, 4.69) is 0 Å². The van der Waals surface area contributed by atoms with Crippen molar-refractivity contribution in [2.24, 2.45) is 0 Å². The molecule has 1 atom stereocenters. The van der Waals surface area contributed by atoms with Crippen LogP contribution in [0.15, 0.2) is 18.2 Å². The predicted molar refractivity (Wildman–Crippen MR) is 88.5 cm³/mol. The SMILES string of the molecule is COc1cc(C2(C(=O)N(C)C3CCS(=O)(=O)C3)CC2)ccc1C. The molecule has 0 spiro atoms. The minimum atomic E-state index is -2.99. The van der Waals surface area contributed by atoms with Gasteiger partial charge in [-0.3, -0.25) is 4.79 Å². The Hall–Kier alpha value is -1.56. The van der Waals surface area contributed by atoms with E-state index >= 15 is 0 Å². The quantitative estimate of drug-likeness (QED) is 0.838. The summed E-state index contributed by atoms with van der Waals surface area (Å²) in [4.78, 5) is 14.7. The molecular weight excluding hydrogens is 314 g/mol. The largest absolute Gasteiger partial charge is 0.496 e. The van der Waals surface area contributed by atoms with Crippen LogP contribution in [0.4, 0.5) is 0 Å². The van der Waals surface area contributed by atoms with E-state index in [9.17, 15) is 13.2 Å². The number of carbonyl (C=O) groups is 1. The molecule has 3 rings (SSSR count). The molecule has 2 fully saturated rings. The number of hydrogen-bond acceptors (Lipinski definition) is 4. The summed E-state index contributed by atoms with van der Waals surface area (Å²) in [5.41, 5.74) is 1.51. The van der Waals surface area contributed by atoms with Crippen molar-refractivity contribution < 1.29 is 17.9 Å². The Morgan fingerprint density at radius 1 is 1.35 bits per heavy atom. The van der Waals surface area contributed by atoms with Crippen LogP contribution in [0.1, 0.15) is 30.4 Å². The molecule has 5 nitrogen and oxygen atoms in total. The number of benzene rings is 1. The number of amides is 1. The highest BCUT2D eigenvalue weighted by Gasteiger charge is 2.54. The van der Waals surface area contributed by atoms with Crippen LogP contribution in [-0.2, 0) is 20.0 Å². The molecule has 1 aliphatic carbocycles. The molecule has 1 heterocycles. The van der Waals surface area contributed by atoms with Gasteiger partial charge in [-0.25, -0.2) is 8.42 Å². The van der Waals surface area contributed by atoms with Crippen LogP contribution in [0.2, 0.25) is 0 Å². The van der Waals surface area contributed by atoms with Gasteiger partial charge in [0.25, 0.3) is 0 Å². The first-order valence-electron chi connectivity index (χ1n) is 7.92. The zero-order valence-corrected chi connectivity index (χ0v) is 14.6. The van der Waals surface area contributed by atoms with Gasteiger partial charge in [0, 0.05) is 13.1 Å². The van der Waals surface area contributed by atoms with Crippen molar-refractivity contribution in [3.8, 4) is 5.75 Å². The number of carbonyl (C=O) groups excluding carboxylic acids is 1. The third-order valence-corrected chi connectivity index (χ3v) is 6.95. The van der Waals surface area contributed by atoms with Crippen LogP contribution in [-0.4, -0.2) is 50.9 Å². The molecule has 1 aromatic rings. The van der Waals surface area contributed by atoms with E-state index in [1.165, 1.54) is 0 Å². The Bertz CT molecular complexity index is 737. The lowest BCUT2D eigenvalue weighted by Crippen LogP contribution is -2.43. The molecule has 1 saturated heterocycles. The Morgan fingerprint density at radius 3 is 2.57 bits per heavy atom. The van der Waals surface area contributed by atoms with Gasteiger partial charge in [-0.2, -0.15) is 0 Å². The van der Waals surface area contributed by atoms with Gasteiger partial charge in [0.15, 0.2) is 9.84 Å². The fourth-order valence-corrected chi connectivity index (χ4v) is 5.23. The molecular formula is C17H23NO4S. The second-order valence-electron chi connectivity index (χ2n) is 6.74. The van der Waals surface area contributed by atoms with E-state index in [0.29, 0.717) is 6.42 Å². The molecule has 2 aliphatic rings. The number of aryl methyl sites for hydroxylation is 1. The summed E-state index contributed by atoms with van der Waals surface area (Å²) in [7, 11) is 0.370. The van der Waals surface area contributed by atoms with Crippen LogP contribution in [0.25, 0.3) is 0 Å². The summed E-state index contributed by atoms with van der Waals surface area (Å²) in [6.07, 6.45) is 2.15. The molecule has 1 amide bonds. The first-order valence-corrected chi connectivity index (χ1v) is 9.74. The van der Waals surface area contributed by atoms with Crippen molar-refractivity contribution in [2.75, 3.05) is 25.7 Å². The van der Waals surface area contributed by atoms with Gasteiger partial charge in [-0.1, -0.05) is 12.1 Å². The summed E-state index contributed by atoms with van der Waals surface area (Å²) in [5.74, 6) is 1.08. The third-order valence-electron chi connectivity index (χ3n) is 5.20. The highest BCUT2D eigenvalue weighted by Crippen LogP contribution is 2.50. The fourth-order valence-electron chi connectivity index (χ4n) is 3.45. The topological polar surface area (TPSA) is 63.7 Å². The van der Waals surface area contributed by atoms with Crippen molar-refractivity contribution in [1.29, 1.82) is 0 Å². The molecule has 0 bridgehead atoms. The van der Waals surface area contributed by atoms with Gasteiger partial charge in [0.2, 0.25) is 5.91 Å². The molecule has 0 N–H and O–H groups in total. The summed E-state index contributed by atoms with van der Waals surface area (Å²) < 4.78 is 28.7. The average molecular weight is 337 g/mol. The van der Waals surface area contributed by atoms with Gasteiger partial charge >= 0.3 is 0 Å². The number of hydrogen-bond donors (Lipinski definition) is 0. The van der Waals surface area contributed by atoms with E-state index in [-0.39, 0.29) is 23.5 Å². The maximum absolute atomic E-state index is 13.0. The highest BCUT2D eigenvalue weighted by atomic mass is 32.2. The minimum Gasteiger partial charge on any atom is -0.496 e. The smallest absolute Gasteiger partial charge is 0.233 e. The van der Waals surface area contributed by atoms with Crippen molar-refractivity contribution in [1.82, 2.24) is 4.90 Å². The zero-order valence-electron chi connectivity index (χ0n) is 13.8. The molecule has 6 heteroatoms. The lowest BCUT2D eigenvalue weighted by atomic mass is 9.92.